The van der Waals surface area contributed by atoms with Crippen LogP contribution in [0.1, 0.15) is 74.7 Å². The van der Waals surface area contributed by atoms with Crippen molar-refractivity contribution in [2.75, 3.05) is 113 Å². The van der Waals surface area contributed by atoms with E-state index < -0.39 is 35.8 Å². The first-order chi connectivity index (χ1) is 71.2. The molecule has 0 spiro atoms. The Labute approximate surface area is 859 Å². The van der Waals surface area contributed by atoms with Gasteiger partial charge in [0.05, 0.1) is 43.6 Å². The van der Waals surface area contributed by atoms with E-state index in [0.717, 1.165) is 106 Å². The van der Waals surface area contributed by atoms with Crippen molar-refractivity contribution < 1.29 is 66.3 Å². The number of alkyl carbamates (subject to hydrolysis) is 3. The third-order valence-electron chi connectivity index (χ3n) is 21.9. The number of aromatic amines is 2. The van der Waals surface area contributed by atoms with Crippen LogP contribution < -0.4 is 67.4 Å². The Balaban J connectivity index is 0.000000165. The molecular formula is C105H100N24O14S4. The number of benzene rings is 7. The molecule has 42 heteroatoms. The number of carbonyl (C=O) groups excluding carboxylic acids is 5. The second kappa shape index (κ2) is 49.7. The van der Waals surface area contributed by atoms with Gasteiger partial charge in [-0.1, -0.05) is 115 Å². The minimum atomic E-state index is -0.681. The molecule has 0 bridgehead atoms. The number of fused-ring (bicyclic) bond motifs is 6. The number of methoxy groups -OCH3 is 1. The quantitative estimate of drug-likeness (QED) is 0.00570. The molecule has 0 saturated carbocycles. The van der Waals surface area contributed by atoms with Gasteiger partial charge in [0, 0.05) is 117 Å². The largest absolute Gasteiger partial charge is 0.471 e. The lowest BCUT2D eigenvalue weighted by Crippen LogP contribution is -2.28. The van der Waals surface area contributed by atoms with E-state index in [1.165, 1.54) is 40.0 Å². The van der Waals surface area contributed by atoms with E-state index in [0.29, 0.717) is 116 Å². The normalized spacial score (nSPS) is 11.4. The molecule has 0 atom stereocenters. The van der Waals surface area contributed by atoms with Gasteiger partial charge in [-0.2, -0.15) is 40.7 Å². The van der Waals surface area contributed by atoms with Gasteiger partial charge in [-0.3, -0.25) is 4.79 Å². The molecule has 0 saturated heterocycles. The first-order valence-corrected chi connectivity index (χ1v) is 49.1. The van der Waals surface area contributed by atoms with E-state index in [-0.39, 0.29) is 62.1 Å². The Kier molecular flexibility index (Phi) is 35.0. The van der Waals surface area contributed by atoms with Crippen LogP contribution in [0.4, 0.5) is 49.2 Å². The van der Waals surface area contributed by atoms with Crippen molar-refractivity contribution in [2.45, 2.75) is 65.8 Å². The van der Waals surface area contributed by atoms with Crippen LogP contribution in [0, 0.1) is 34.0 Å². The number of para-hydroxylation sites is 2. The van der Waals surface area contributed by atoms with E-state index in [9.17, 15) is 39.8 Å². The Morgan fingerprint density at radius 1 is 0.476 bits per heavy atom. The summed E-state index contributed by atoms with van der Waals surface area (Å²) in [5, 5.41) is 40.8. The summed E-state index contributed by atoms with van der Waals surface area (Å²) in [6.45, 7) is 9.97. The van der Waals surface area contributed by atoms with E-state index in [1.807, 2.05) is 219 Å². The van der Waals surface area contributed by atoms with Gasteiger partial charge in [-0.25, -0.2) is 39.1 Å². The zero-order valence-corrected chi connectivity index (χ0v) is 84.0. The van der Waals surface area contributed by atoms with Gasteiger partial charge in [-0.15, -0.1) is 45.3 Å². The fraction of sp³-hybridized carbons (Fsp3) is 0.210. The van der Waals surface area contributed by atoms with E-state index in [1.54, 1.807) is 75.0 Å². The van der Waals surface area contributed by atoms with Crippen molar-refractivity contribution in [3.63, 3.8) is 0 Å². The number of hydrogen-bond donors (Lipinski definition) is 9. The number of allylic oxidation sites excluding steroid dienone is 1. The predicted octanol–water partition coefficient (Wildman–Crippen LogP) is 17.8. The van der Waals surface area contributed by atoms with E-state index in [4.69, 9.17) is 59.5 Å². The zero-order valence-electron chi connectivity index (χ0n) is 80.7. The fourth-order valence-corrected chi connectivity index (χ4v) is 18.6. The number of H-pyrrole nitrogens is 2. The molecule has 17 aromatic rings. The van der Waals surface area contributed by atoms with Gasteiger partial charge in [0.2, 0.25) is 29.5 Å². The average Bonchev–Trinajstić information content (AvgIpc) is 1.61. The molecule has 0 aliphatic rings. The van der Waals surface area contributed by atoms with E-state index >= 15 is 0 Å². The highest BCUT2D eigenvalue weighted by Crippen LogP contribution is 2.43. The summed E-state index contributed by atoms with van der Waals surface area (Å²) < 4.78 is 52.9. The number of nitriles is 3. The summed E-state index contributed by atoms with van der Waals surface area (Å²) in [7, 11) is 7.37. The van der Waals surface area contributed by atoms with E-state index in [2.05, 4.69) is 111 Å². The summed E-state index contributed by atoms with van der Waals surface area (Å²) >= 11 is 6.30. The Bertz CT molecular complexity index is 7690. The zero-order chi connectivity index (χ0) is 103. The maximum Gasteiger partial charge on any atom is 0.407 e. The number of nitrogens with zero attached hydrogens (tertiary/aromatic N) is 15. The lowest BCUT2D eigenvalue weighted by molar-refractivity contribution is -0.149. The predicted molar refractivity (Wildman–Crippen MR) is 567 cm³/mol. The number of nitrogen functional groups attached to an aromatic ring is 3. The van der Waals surface area contributed by atoms with Crippen LogP contribution >= 0.6 is 45.3 Å². The molecule has 0 aliphatic heterocycles. The van der Waals surface area contributed by atoms with Crippen molar-refractivity contribution in [3.05, 3.63) is 284 Å². The molecule has 17 rings (SSSR count). The standard InChI is InChI=1S/C36H29N7O4S2.C35H36N8O5S.C34H35N9O5S/c1-43(14-15-45-36(44)40-20-22-6-8-23(9-7-22)21-46-35-39-13-12-32(38)42-35)25-10-11-27-30(17-25)49-31-18-26(48-33(27)31)16-24(19-37)34-41-28-4-2-3-5-29(28)47-34;1-35(2,3)48-32(44)25(18-36)17-27-13-14-28(49-27)24-9-11-26(12-10-24)43(4)15-16-46-34(45)38-19-22-5-7-23(8-6-22)20-47-31-29-30(40-21-39-29)41-33(37)42-31;1-43(26-9-7-24(8-10-26)28-12-11-27(49-28)17-25(18-35)31(44)37-13-15-46-2)14-16-47-34(45)38-19-22-3-5-23(6-4-22)20-48-32-29-30(40-21-39-29)41-33(36)42-32/h2-13,16-18H,14-15,20-21H2,1H3,(H,40,44)(H2,38,39,42);5-14,17,21H,15-16,19-20H2,1-4H3,(H,38,45)(H3,37,39,40,41,42);3-12,17,21H,13-16,19-20H2,1-2H3,(H,37,44)(H,38,45)(H3,36,39,40,41,42)/b24-16-;2*25-17+. The van der Waals surface area contributed by atoms with Crippen molar-refractivity contribution in [3.8, 4) is 56.9 Å². The summed E-state index contributed by atoms with van der Waals surface area (Å²) in [5.74, 6) is 0.411. The maximum atomic E-state index is 12.3. The van der Waals surface area contributed by atoms with Gasteiger partial charge >= 0.3 is 30.3 Å². The number of nitrogens with one attached hydrogen (secondary N) is 6. The molecule has 7 aromatic carbocycles. The summed E-state index contributed by atoms with van der Waals surface area (Å²) in [5.41, 5.74) is 30.7. The first kappa shape index (κ1) is 103. The first-order valence-electron chi connectivity index (χ1n) is 45.8. The maximum absolute atomic E-state index is 12.3. The molecule has 0 unspecified atom stereocenters. The SMILES string of the molecule is CN(CCOC(=O)NCc1ccc(COc2nc(N)nc3nc[nH]c23)cc1)c1ccc(-c2ccc(/C=C(\C#N)C(=O)OC(C)(C)C)s2)cc1.CN(CCOC(=O)NCc1ccc(COc2nccc(N)n2)cc1)c1ccc2c(c1)sc1cc(/C=C(/C#N)c3nc4ccccc4o3)sc12.COCCNC(=O)/C(C#N)=C/c1ccc(-c2ccc(N(C)CCOC(=O)NCc3ccc(COc4nc(N)nc5nc[nH]c45)cc3)cc2)s1. The van der Waals surface area contributed by atoms with Crippen molar-refractivity contribution >= 4 is 187 Å². The topological polar surface area (TPSA) is 527 Å². The van der Waals surface area contributed by atoms with Crippen LogP contribution in [-0.2, 0) is 72.7 Å². The number of rotatable bonds is 38. The summed E-state index contributed by atoms with van der Waals surface area (Å²) in [6.07, 6.45) is 8.03. The van der Waals surface area contributed by atoms with Gasteiger partial charge in [-0.05, 0) is 168 Å². The molecule has 4 amide bonds. The highest BCUT2D eigenvalue weighted by atomic mass is 32.1. The van der Waals surface area contributed by atoms with Crippen LogP contribution in [0.25, 0.3) is 97.6 Å². The number of ether oxygens (including phenoxy) is 8. The second-order valence-corrected chi connectivity index (χ2v) is 38.1. The molecule has 0 fully saturated rings. The number of likely N-dealkylation sites (N-methyl/N-ethyl adjacent to an activating group) is 3. The third kappa shape index (κ3) is 29.2. The molecule has 0 aliphatic carbocycles. The van der Waals surface area contributed by atoms with Gasteiger partial charge in [0.1, 0.15) is 103 Å². The number of amides is 4. The molecule has 10 aromatic heterocycles. The summed E-state index contributed by atoms with van der Waals surface area (Å²) in [4.78, 5) is 115. The van der Waals surface area contributed by atoms with Crippen LogP contribution in [0.2, 0.25) is 0 Å². The number of aromatic nitrogens is 11. The molecule has 10 heterocycles. The molecule has 12 N–H and O–H groups in total. The van der Waals surface area contributed by atoms with Crippen LogP contribution in [0.5, 0.6) is 17.8 Å². The Morgan fingerprint density at radius 3 is 1.44 bits per heavy atom. The van der Waals surface area contributed by atoms with Crippen molar-refractivity contribution in [1.82, 2.24) is 76.1 Å². The molecule has 38 nitrogen and oxygen atoms in total. The number of nitrogens with two attached hydrogens (primary N) is 3. The Morgan fingerprint density at radius 2 is 0.959 bits per heavy atom. The van der Waals surface area contributed by atoms with Crippen molar-refractivity contribution in [2.24, 2.45) is 0 Å². The minimum absolute atomic E-state index is 0.0391. The number of thiophene rings is 4. The highest BCUT2D eigenvalue weighted by molar-refractivity contribution is 7.33. The number of esters is 1. The smallest absolute Gasteiger partial charge is 0.407 e. The van der Waals surface area contributed by atoms with Gasteiger partial charge in [0.15, 0.2) is 16.9 Å². The monoisotopic (exact) mass is 2050 g/mol. The lowest BCUT2D eigenvalue weighted by atomic mass is 10.1. The number of anilines is 6. The minimum Gasteiger partial charge on any atom is -0.471 e. The fourth-order valence-electron chi connectivity index (χ4n) is 14.2. The molecule has 748 valence electrons. The number of hydrogen-bond acceptors (Lipinski definition) is 36. The number of imidazole rings is 2. The molecule has 147 heavy (non-hydrogen) atoms. The van der Waals surface area contributed by atoms with Crippen LogP contribution in [-0.4, -0.2) is 171 Å². The number of oxazole rings is 1. The van der Waals surface area contributed by atoms with Crippen LogP contribution in [0.15, 0.2) is 235 Å². The molecular weight excluding hydrogens is 1950 g/mol. The van der Waals surface area contributed by atoms with Crippen molar-refractivity contribution in [1.29, 1.82) is 15.8 Å². The third-order valence-corrected chi connectivity index (χ3v) is 26.4. The van der Waals surface area contributed by atoms with Gasteiger partial charge in [0.25, 0.3) is 5.91 Å². The second-order valence-electron chi connectivity index (χ2n) is 33.7. The average molecular weight is 2050 g/mol. The lowest BCUT2D eigenvalue weighted by Gasteiger charge is -2.19. The number of carbonyl (C=O) groups is 5. The highest BCUT2D eigenvalue weighted by Gasteiger charge is 2.23. The summed E-state index contributed by atoms with van der Waals surface area (Å²) in [6, 6.07) is 70.4. The van der Waals surface area contributed by atoms with Gasteiger partial charge < -0.3 is 105 Å². The molecule has 0 radical (unpaired) electrons. The van der Waals surface area contributed by atoms with Crippen LogP contribution in [0.3, 0.4) is 0 Å². The Hall–Kier alpha value is -17.9.